The van der Waals surface area contributed by atoms with Crippen molar-refractivity contribution in [2.45, 2.75) is 44.6 Å². The summed E-state index contributed by atoms with van der Waals surface area (Å²) >= 11 is 5.60. The number of rotatable bonds is 9. The molecule has 1 aromatic rings. The summed E-state index contributed by atoms with van der Waals surface area (Å²) in [5.41, 5.74) is -0.254. The van der Waals surface area contributed by atoms with Crippen LogP contribution in [0.3, 0.4) is 0 Å². The lowest BCUT2D eigenvalue weighted by Gasteiger charge is -2.33. The molecular weight excluding hydrogens is 496 g/mol. The van der Waals surface area contributed by atoms with E-state index in [2.05, 4.69) is 4.98 Å². The zero-order valence-electron chi connectivity index (χ0n) is 20.0. The Balaban J connectivity index is 1.21. The molecule has 12 heteroatoms. The fourth-order valence-electron chi connectivity index (χ4n) is 4.16. The lowest BCUT2D eigenvalue weighted by molar-refractivity contribution is -0.120. The summed E-state index contributed by atoms with van der Waals surface area (Å²) in [5, 5.41) is 0. The van der Waals surface area contributed by atoms with E-state index in [0.717, 1.165) is 25.7 Å². The summed E-state index contributed by atoms with van der Waals surface area (Å²) in [6.45, 7) is 4.09. The van der Waals surface area contributed by atoms with Gasteiger partial charge in [-0.1, -0.05) is 0 Å². The number of halogens is 1. The Morgan fingerprint density at radius 1 is 1.20 bits per heavy atom. The summed E-state index contributed by atoms with van der Waals surface area (Å²) in [6.07, 6.45) is 5.30. The second-order valence-corrected chi connectivity index (χ2v) is 12.1. The van der Waals surface area contributed by atoms with Crippen molar-refractivity contribution in [3.63, 3.8) is 0 Å². The monoisotopic (exact) mass is 528 g/mol. The summed E-state index contributed by atoms with van der Waals surface area (Å²) in [7, 11) is -3.49. The molecule has 0 aromatic carbocycles. The molecule has 2 aliphatic heterocycles. The number of carbonyl (C=O) groups is 2. The van der Waals surface area contributed by atoms with Gasteiger partial charge in [-0.2, -0.15) is 4.31 Å². The number of hydrogen-bond donors (Lipinski definition) is 0. The minimum Gasteiger partial charge on any atom is -0.492 e. The van der Waals surface area contributed by atoms with Crippen LogP contribution in [0.25, 0.3) is 0 Å². The molecule has 2 saturated heterocycles. The molecule has 0 spiro atoms. The van der Waals surface area contributed by atoms with E-state index in [0.29, 0.717) is 43.6 Å². The lowest BCUT2D eigenvalue weighted by atomic mass is 9.98. The van der Waals surface area contributed by atoms with Crippen molar-refractivity contribution < 1.29 is 27.5 Å². The smallest absolute Gasteiger partial charge is 0.410 e. The van der Waals surface area contributed by atoms with Crippen LogP contribution in [-0.4, -0.2) is 91.2 Å². The number of likely N-dealkylation sites (tertiary alicyclic amines) is 1. The molecule has 3 aliphatic rings. The number of anilines is 1. The van der Waals surface area contributed by atoms with Crippen LogP contribution < -0.4 is 9.64 Å². The fourth-order valence-corrected chi connectivity index (χ4v) is 5.89. The number of pyridine rings is 1. The highest BCUT2D eigenvalue weighted by molar-refractivity contribution is 7.89. The zero-order chi connectivity index (χ0) is 25.1. The zero-order valence-corrected chi connectivity index (χ0v) is 21.6. The Kier molecular flexibility index (Phi) is 8.07. The van der Waals surface area contributed by atoms with Crippen LogP contribution in [0.2, 0.25) is 0 Å². The third-order valence-electron chi connectivity index (χ3n) is 6.76. The van der Waals surface area contributed by atoms with Crippen molar-refractivity contribution in [3.8, 4) is 5.75 Å². The number of sulfonamides is 1. The van der Waals surface area contributed by atoms with Crippen LogP contribution in [-0.2, 0) is 19.6 Å². The molecule has 3 fully saturated rings. The molecule has 0 bridgehead atoms. The molecule has 1 aliphatic carbocycles. The van der Waals surface area contributed by atoms with Gasteiger partial charge in [-0.05, 0) is 57.1 Å². The standard InChI is InChI=1S/C23H33ClN4O6S/c1-23(7-8-23)34-22(30)26-10-5-18(6-11-26)17-33-19-3-4-20(25-15-19)28-13-12-27(16-21(28)29)35(31,32)14-2-9-24/h3-4,15,18H,2,5-14,16-17H2,1H3. The first-order chi connectivity index (χ1) is 16.7. The number of amides is 2. The number of alkyl halides is 1. The van der Waals surface area contributed by atoms with Crippen molar-refractivity contribution in [3.05, 3.63) is 18.3 Å². The van der Waals surface area contributed by atoms with E-state index in [1.165, 1.54) is 9.21 Å². The summed E-state index contributed by atoms with van der Waals surface area (Å²) in [5.74, 6) is 1.30. The lowest BCUT2D eigenvalue weighted by Crippen LogP contribution is -2.53. The average Bonchev–Trinajstić information content (AvgIpc) is 3.58. The van der Waals surface area contributed by atoms with Crippen molar-refractivity contribution in [1.29, 1.82) is 0 Å². The number of ether oxygens (including phenoxy) is 2. The molecule has 0 unspecified atom stereocenters. The van der Waals surface area contributed by atoms with Gasteiger partial charge in [0.05, 0.1) is 25.1 Å². The Morgan fingerprint density at radius 2 is 1.94 bits per heavy atom. The second-order valence-electron chi connectivity index (χ2n) is 9.65. The number of hydrogen-bond acceptors (Lipinski definition) is 7. The van der Waals surface area contributed by atoms with E-state index in [1.54, 1.807) is 23.2 Å². The van der Waals surface area contributed by atoms with Gasteiger partial charge in [-0.15, -0.1) is 11.6 Å². The van der Waals surface area contributed by atoms with Crippen LogP contribution >= 0.6 is 11.6 Å². The predicted molar refractivity (Wildman–Crippen MR) is 131 cm³/mol. The van der Waals surface area contributed by atoms with Gasteiger partial charge in [0.15, 0.2) is 0 Å². The molecule has 0 atom stereocenters. The van der Waals surface area contributed by atoms with Gasteiger partial charge in [0.1, 0.15) is 17.2 Å². The van der Waals surface area contributed by atoms with E-state index in [1.807, 2.05) is 6.92 Å². The molecule has 1 saturated carbocycles. The molecule has 10 nitrogen and oxygen atoms in total. The molecule has 0 radical (unpaired) electrons. The number of aromatic nitrogens is 1. The largest absolute Gasteiger partial charge is 0.492 e. The number of nitrogens with zero attached hydrogens (tertiary/aromatic N) is 4. The number of carbonyl (C=O) groups excluding carboxylic acids is 2. The molecule has 2 amide bonds. The van der Waals surface area contributed by atoms with Crippen LogP contribution in [0.5, 0.6) is 5.75 Å². The van der Waals surface area contributed by atoms with Crippen LogP contribution in [0.4, 0.5) is 10.6 Å². The highest BCUT2D eigenvalue weighted by Crippen LogP contribution is 2.39. The minimum absolute atomic E-state index is 0.0589. The van der Waals surface area contributed by atoms with Gasteiger partial charge in [0.2, 0.25) is 15.9 Å². The van der Waals surface area contributed by atoms with Crippen LogP contribution in [0.15, 0.2) is 18.3 Å². The van der Waals surface area contributed by atoms with Crippen LogP contribution in [0.1, 0.15) is 39.0 Å². The third-order valence-corrected chi connectivity index (χ3v) is 8.93. The summed E-state index contributed by atoms with van der Waals surface area (Å²) in [4.78, 5) is 32.4. The Bertz CT molecular complexity index is 1010. The molecule has 1 aromatic heterocycles. The van der Waals surface area contributed by atoms with Crippen molar-refractivity contribution >= 4 is 39.4 Å². The minimum atomic E-state index is -3.49. The van der Waals surface area contributed by atoms with E-state index in [9.17, 15) is 18.0 Å². The SMILES string of the molecule is CC1(OC(=O)N2CCC(COc3ccc(N4CCN(S(=O)(=O)CCCCl)CC4=O)nc3)CC2)CC1. The van der Waals surface area contributed by atoms with E-state index in [4.69, 9.17) is 21.1 Å². The quantitative estimate of drug-likeness (QED) is 0.453. The molecule has 3 heterocycles. The van der Waals surface area contributed by atoms with Gasteiger partial charge < -0.3 is 14.4 Å². The highest BCUT2D eigenvalue weighted by Gasteiger charge is 2.43. The topological polar surface area (TPSA) is 109 Å². The average molecular weight is 529 g/mol. The van der Waals surface area contributed by atoms with Gasteiger partial charge in [-0.25, -0.2) is 18.2 Å². The maximum Gasteiger partial charge on any atom is 0.410 e. The maximum absolute atomic E-state index is 12.6. The van der Waals surface area contributed by atoms with Crippen molar-refractivity contribution in [1.82, 2.24) is 14.2 Å². The molecule has 0 N–H and O–H groups in total. The van der Waals surface area contributed by atoms with Gasteiger partial charge >= 0.3 is 6.09 Å². The predicted octanol–water partition coefficient (Wildman–Crippen LogP) is 2.47. The molecule has 194 valence electrons. The Hall–Kier alpha value is -2.11. The second kappa shape index (κ2) is 10.9. The van der Waals surface area contributed by atoms with Gasteiger partial charge in [0, 0.05) is 32.1 Å². The first-order valence-corrected chi connectivity index (χ1v) is 14.2. The van der Waals surface area contributed by atoms with Crippen molar-refractivity contribution in [2.75, 3.05) is 55.9 Å². The molecular formula is C23H33ClN4O6S. The van der Waals surface area contributed by atoms with Crippen LogP contribution in [0, 0.1) is 5.92 Å². The Labute approximate surface area is 211 Å². The van der Waals surface area contributed by atoms with Gasteiger partial charge in [-0.3, -0.25) is 9.69 Å². The van der Waals surface area contributed by atoms with Crippen molar-refractivity contribution in [2.24, 2.45) is 5.92 Å². The molecule has 4 rings (SSSR count). The van der Waals surface area contributed by atoms with E-state index >= 15 is 0 Å². The normalized spacial score (nSPS) is 21.1. The Morgan fingerprint density at radius 3 is 2.54 bits per heavy atom. The first kappa shape index (κ1) is 26.0. The third kappa shape index (κ3) is 6.77. The fraction of sp³-hybridized carbons (Fsp3) is 0.696. The first-order valence-electron chi connectivity index (χ1n) is 12.1. The summed E-state index contributed by atoms with van der Waals surface area (Å²) in [6, 6.07) is 3.48. The summed E-state index contributed by atoms with van der Waals surface area (Å²) < 4.78 is 37.3. The van der Waals surface area contributed by atoms with E-state index in [-0.39, 0.29) is 48.9 Å². The molecule has 35 heavy (non-hydrogen) atoms. The number of piperazine rings is 1. The van der Waals surface area contributed by atoms with Gasteiger partial charge in [0.25, 0.3) is 0 Å². The number of piperidine rings is 1. The highest BCUT2D eigenvalue weighted by atomic mass is 35.5. The maximum atomic E-state index is 12.6. The van der Waals surface area contributed by atoms with E-state index < -0.39 is 10.0 Å².